The summed E-state index contributed by atoms with van der Waals surface area (Å²) in [5.41, 5.74) is 0.985. The third kappa shape index (κ3) is 3.92. The quantitative estimate of drug-likeness (QED) is 0.521. The number of benzene rings is 1. The second-order valence-electron chi connectivity index (χ2n) is 7.57. The maximum absolute atomic E-state index is 13.3. The lowest BCUT2D eigenvalue weighted by atomic mass is 10.1. The molecule has 10 nitrogen and oxygen atoms in total. The number of aliphatic hydroxyl groups excluding tert-OH is 2. The number of halogens is 1. The summed E-state index contributed by atoms with van der Waals surface area (Å²) in [6.07, 6.45) is -0.406. The summed E-state index contributed by atoms with van der Waals surface area (Å²) in [5.74, 6) is 0.445. The molecule has 31 heavy (non-hydrogen) atoms. The van der Waals surface area contributed by atoms with E-state index in [-0.39, 0.29) is 12.6 Å². The number of nitrogens with one attached hydrogen (secondary N) is 1. The van der Waals surface area contributed by atoms with Crippen molar-refractivity contribution in [2.45, 2.75) is 37.0 Å². The van der Waals surface area contributed by atoms with Crippen LogP contribution in [0.15, 0.2) is 36.9 Å². The highest BCUT2D eigenvalue weighted by atomic mass is 19.1. The fourth-order valence-electron chi connectivity index (χ4n) is 3.82. The Hall–Kier alpha value is -2.86. The Morgan fingerprint density at radius 1 is 1.23 bits per heavy atom. The largest absolute Gasteiger partial charge is 0.491 e. The van der Waals surface area contributed by atoms with Crippen molar-refractivity contribution in [3.63, 3.8) is 0 Å². The molecule has 1 unspecified atom stereocenters. The van der Waals surface area contributed by atoms with E-state index >= 15 is 0 Å². The third-order valence-corrected chi connectivity index (χ3v) is 5.45. The SMILES string of the molecule is O[C@@H]1[C@H](O)[C@H](n2cnc3c(NC4CCOC4)ncnc32)O[C@@H]1COc1cccc(F)c1. The summed E-state index contributed by atoms with van der Waals surface area (Å²) in [6.45, 7) is 1.23. The van der Waals surface area contributed by atoms with Crippen molar-refractivity contribution in [3.05, 3.63) is 42.7 Å². The van der Waals surface area contributed by atoms with E-state index in [1.807, 2.05) is 0 Å². The van der Waals surface area contributed by atoms with Gasteiger partial charge in [-0.05, 0) is 18.6 Å². The molecule has 164 valence electrons. The fraction of sp³-hybridized carbons (Fsp3) is 0.450. The first-order chi connectivity index (χ1) is 15.1. The zero-order valence-corrected chi connectivity index (χ0v) is 16.5. The van der Waals surface area contributed by atoms with Crippen LogP contribution in [0.4, 0.5) is 10.2 Å². The standard InChI is InChI=1S/C20H22FN5O5/c21-11-2-1-3-13(6-11)30-8-14-16(27)17(28)20(31-14)26-10-24-15-18(22-9-23-19(15)26)25-12-4-5-29-7-12/h1-3,6,9-10,12,14,16-17,20,27-28H,4-5,7-8H2,(H,22,23,25)/t12?,14-,16+,17+,20-/m1/s1. The third-order valence-electron chi connectivity index (χ3n) is 5.45. The van der Waals surface area contributed by atoms with E-state index in [9.17, 15) is 14.6 Å². The molecule has 2 fully saturated rings. The number of fused-ring (bicyclic) bond motifs is 1. The molecular weight excluding hydrogens is 409 g/mol. The molecule has 11 heteroatoms. The topological polar surface area (TPSA) is 124 Å². The summed E-state index contributed by atoms with van der Waals surface area (Å²) in [5, 5.41) is 24.3. The molecule has 2 aliphatic rings. The van der Waals surface area contributed by atoms with E-state index < -0.39 is 30.4 Å². The van der Waals surface area contributed by atoms with Gasteiger partial charge >= 0.3 is 0 Å². The number of imidazole rings is 1. The smallest absolute Gasteiger partial charge is 0.167 e. The van der Waals surface area contributed by atoms with Gasteiger partial charge in [-0.25, -0.2) is 19.3 Å². The monoisotopic (exact) mass is 431 g/mol. The zero-order valence-electron chi connectivity index (χ0n) is 16.5. The molecule has 2 aromatic heterocycles. The van der Waals surface area contributed by atoms with E-state index in [2.05, 4.69) is 20.3 Å². The van der Waals surface area contributed by atoms with Gasteiger partial charge in [-0.1, -0.05) is 6.07 Å². The number of hydrogen-bond donors (Lipinski definition) is 3. The van der Waals surface area contributed by atoms with Gasteiger partial charge < -0.3 is 29.7 Å². The normalized spacial score (nSPS) is 28.3. The molecule has 0 radical (unpaired) electrons. The van der Waals surface area contributed by atoms with E-state index in [1.165, 1.54) is 30.9 Å². The van der Waals surface area contributed by atoms with Crippen LogP contribution in [0.3, 0.4) is 0 Å². The summed E-state index contributed by atoms with van der Waals surface area (Å²) in [4.78, 5) is 12.9. The lowest BCUT2D eigenvalue weighted by Gasteiger charge is -2.17. The molecule has 4 heterocycles. The Morgan fingerprint density at radius 2 is 2.13 bits per heavy atom. The summed E-state index contributed by atoms with van der Waals surface area (Å²) < 4.78 is 31.7. The van der Waals surface area contributed by atoms with Crippen LogP contribution in [0.25, 0.3) is 11.2 Å². The Morgan fingerprint density at radius 3 is 2.94 bits per heavy atom. The number of hydrogen-bond acceptors (Lipinski definition) is 9. The molecule has 3 aromatic rings. The molecule has 2 aliphatic heterocycles. The van der Waals surface area contributed by atoms with Gasteiger partial charge in [-0.3, -0.25) is 4.57 Å². The summed E-state index contributed by atoms with van der Waals surface area (Å²) >= 11 is 0. The van der Waals surface area contributed by atoms with Crippen LogP contribution in [0, 0.1) is 5.82 Å². The van der Waals surface area contributed by atoms with Crippen molar-refractivity contribution in [2.24, 2.45) is 0 Å². The Bertz CT molecular complexity index is 1060. The van der Waals surface area contributed by atoms with Gasteiger partial charge in [0.15, 0.2) is 23.2 Å². The maximum atomic E-state index is 13.3. The number of anilines is 1. The first-order valence-corrected chi connectivity index (χ1v) is 10.0. The molecule has 1 aromatic carbocycles. The van der Waals surface area contributed by atoms with E-state index in [4.69, 9.17) is 14.2 Å². The molecule has 5 rings (SSSR count). The molecule has 5 atom stereocenters. The number of nitrogens with zero attached hydrogens (tertiary/aromatic N) is 4. The van der Waals surface area contributed by atoms with Gasteiger partial charge in [0.05, 0.1) is 19.0 Å². The Balaban J connectivity index is 1.33. The van der Waals surface area contributed by atoms with Gasteiger partial charge in [-0.2, -0.15) is 0 Å². The van der Waals surface area contributed by atoms with Crippen LogP contribution in [0.2, 0.25) is 0 Å². The highest BCUT2D eigenvalue weighted by molar-refractivity contribution is 5.82. The number of aromatic nitrogens is 4. The molecule has 0 spiro atoms. The van der Waals surface area contributed by atoms with Crippen molar-refractivity contribution in [1.29, 1.82) is 0 Å². The minimum atomic E-state index is -1.23. The highest BCUT2D eigenvalue weighted by Gasteiger charge is 2.44. The first kappa shape index (κ1) is 20.1. The molecule has 0 aliphatic carbocycles. The van der Waals surface area contributed by atoms with E-state index in [0.717, 1.165) is 6.42 Å². The van der Waals surface area contributed by atoms with Crippen LogP contribution < -0.4 is 10.1 Å². The van der Waals surface area contributed by atoms with Crippen molar-refractivity contribution in [1.82, 2.24) is 19.5 Å². The lowest BCUT2D eigenvalue weighted by molar-refractivity contribution is -0.0474. The number of ether oxygens (including phenoxy) is 3. The lowest BCUT2D eigenvalue weighted by Crippen LogP contribution is -2.34. The minimum Gasteiger partial charge on any atom is -0.491 e. The molecule has 2 saturated heterocycles. The summed E-state index contributed by atoms with van der Waals surface area (Å²) in [6, 6.07) is 5.81. The van der Waals surface area contributed by atoms with Crippen LogP contribution in [0.5, 0.6) is 5.75 Å². The van der Waals surface area contributed by atoms with Gasteiger partial charge in [0.1, 0.15) is 42.8 Å². The zero-order chi connectivity index (χ0) is 21.4. The van der Waals surface area contributed by atoms with Gasteiger partial charge in [0.2, 0.25) is 0 Å². The molecule has 0 bridgehead atoms. The van der Waals surface area contributed by atoms with E-state index in [0.29, 0.717) is 35.9 Å². The van der Waals surface area contributed by atoms with Gasteiger partial charge in [0, 0.05) is 12.7 Å². The fourth-order valence-corrected chi connectivity index (χ4v) is 3.82. The van der Waals surface area contributed by atoms with Gasteiger partial charge in [0.25, 0.3) is 0 Å². The number of rotatable bonds is 6. The first-order valence-electron chi connectivity index (χ1n) is 10.0. The van der Waals surface area contributed by atoms with Crippen LogP contribution in [-0.2, 0) is 9.47 Å². The van der Waals surface area contributed by atoms with Crippen molar-refractivity contribution < 1.29 is 28.8 Å². The predicted molar refractivity (Wildman–Crippen MR) is 106 cm³/mol. The molecule has 0 saturated carbocycles. The van der Waals surface area contributed by atoms with Crippen molar-refractivity contribution in [3.8, 4) is 5.75 Å². The van der Waals surface area contributed by atoms with Crippen LogP contribution in [-0.4, -0.2) is 73.9 Å². The Labute approximate surface area is 176 Å². The Kier molecular flexibility index (Phi) is 5.40. The highest BCUT2D eigenvalue weighted by Crippen LogP contribution is 2.33. The minimum absolute atomic E-state index is 0.0612. The second kappa shape index (κ2) is 8.35. The van der Waals surface area contributed by atoms with E-state index in [1.54, 1.807) is 10.6 Å². The average molecular weight is 431 g/mol. The average Bonchev–Trinajstić information content (AvgIpc) is 3.49. The van der Waals surface area contributed by atoms with Gasteiger partial charge in [-0.15, -0.1) is 0 Å². The predicted octanol–water partition coefficient (Wildman–Crippen LogP) is 0.864. The molecule has 0 amide bonds. The van der Waals surface area contributed by atoms with Crippen LogP contribution in [0.1, 0.15) is 12.6 Å². The molecule has 3 N–H and O–H groups in total. The maximum Gasteiger partial charge on any atom is 0.167 e. The molecular formula is C20H22FN5O5. The second-order valence-corrected chi connectivity index (χ2v) is 7.57. The van der Waals surface area contributed by atoms with Crippen molar-refractivity contribution >= 4 is 17.0 Å². The summed E-state index contributed by atoms with van der Waals surface area (Å²) in [7, 11) is 0. The van der Waals surface area contributed by atoms with Crippen molar-refractivity contribution in [2.75, 3.05) is 25.1 Å². The number of aliphatic hydroxyl groups is 2. The van der Waals surface area contributed by atoms with Crippen LogP contribution >= 0.6 is 0 Å².